The fourth-order valence-electron chi connectivity index (χ4n) is 4.00. The first-order valence-electron chi connectivity index (χ1n) is 10.3. The van der Waals surface area contributed by atoms with Crippen LogP contribution in [0.2, 0.25) is 0 Å². The number of piperidine rings is 1. The van der Waals surface area contributed by atoms with Gasteiger partial charge in [0.2, 0.25) is 5.91 Å². The lowest BCUT2D eigenvalue weighted by molar-refractivity contribution is -0.134. The molecule has 1 aliphatic rings. The Morgan fingerprint density at radius 2 is 1.76 bits per heavy atom. The predicted molar refractivity (Wildman–Crippen MR) is 115 cm³/mol. The van der Waals surface area contributed by atoms with Gasteiger partial charge in [0.15, 0.2) is 0 Å². The average Bonchev–Trinajstić information content (AvgIpc) is 3.17. The van der Waals surface area contributed by atoms with Gasteiger partial charge in [0.25, 0.3) is 5.91 Å². The van der Waals surface area contributed by atoms with Crippen molar-refractivity contribution < 1.29 is 9.59 Å². The molecule has 1 aliphatic heterocycles. The highest BCUT2D eigenvalue weighted by Gasteiger charge is 2.29. The number of amides is 2. The molecule has 3 aromatic rings. The number of H-pyrrole nitrogens is 1. The van der Waals surface area contributed by atoms with Gasteiger partial charge in [-0.05, 0) is 42.5 Å². The molecule has 5 nitrogen and oxygen atoms in total. The lowest BCUT2D eigenvalue weighted by Gasteiger charge is -2.33. The molecular weight excluding hydrogens is 362 g/mol. The van der Waals surface area contributed by atoms with Gasteiger partial charge in [-0.25, -0.2) is 0 Å². The molecule has 2 aromatic carbocycles. The standard InChI is InChI=1S/C24H27N3O2/c1-17-11-13-27(14-12-17)24(29)22(26-23(28)18-7-3-2-4-8-18)15-19-16-25-21-10-6-5-9-20(19)21/h2-10,16-17,22,25H,11-15H2,1H3,(H,26,28)/t22-/m0/s1. The number of para-hydroxylation sites is 1. The first kappa shape index (κ1) is 19.2. The third-order valence-electron chi connectivity index (χ3n) is 5.83. The van der Waals surface area contributed by atoms with Gasteiger partial charge < -0.3 is 15.2 Å². The summed E-state index contributed by atoms with van der Waals surface area (Å²) in [5.74, 6) is 0.436. The van der Waals surface area contributed by atoms with Crippen LogP contribution >= 0.6 is 0 Å². The summed E-state index contributed by atoms with van der Waals surface area (Å²) in [6.07, 6.45) is 4.43. The smallest absolute Gasteiger partial charge is 0.251 e. The molecule has 1 fully saturated rings. The van der Waals surface area contributed by atoms with E-state index in [1.54, 1.807) is 12.1 Å². The van der Waals surface area contributed by atoms with Crippen LogP contribution in [0, 0.1) is 5.92 Å². The quantitative estimate of drug-likeness (QED) is 0.698. The molecule has 1 aromatic heterocycles. The van der Waals surface area contributed by atoms with Crippen molar-refractivity contribution in [3.8, 4) is 0 Å². The number of nitrogens with one attached hydrogen (secondary N) is 2. The average molecular weight is 389 g/mol. The molecule has 0 bridgehead atoms. The van der Waals surface area contributed by atoms with Crippen molar-refractivity contribution in [1.82, 2.24) is 15.2 Å². The molecule has 0 radical (unpaired) electrons. The van der Waals surface area contributed by atoms with Crippen LogP contribution < -0.4 is 5.32 Å². The van der Waals surface area contributed by atoms with Crippen molar-refractivity contribution in [3.63, 3.8) is 0 Å². The molecule has 5 heteroatoms. The molecule has 2 heterocycles. The lowest BCUT2D eigenvalue weighted by atomic mass is 9.97. The number of carbonyl (C=O) groups excluding carboxylic acids is 2. The van der Waals surface area contributed by atoms with Crippen molar-refractivity contribution in [1.29, 1.82) is 0 Å². The Hall–Kier alpha value is -3.08. The Morgan fingerprint density at radius 3 is 2.52 bits per heavy atom. The van der Waals surface area contributed by atoms with Crippen LogP contribution in [-0.2, 0) is 11.2 Å². The van der Waals surface area contributed by atoms with Crippen molar-refractivity contribution in [2.45, 2.75) is 32.2 Å². The zero-order valence-corrected chi connectivity index (χ0v) is 16.7. The van der Waals surface area contributed by atoms with E-state index in [1.165, 1.54) is 0 Å². The molecule has 0 aliphatic carbocycles. The SMILES string of the molecule is CC1CCN(C(=O)[C@H](Cc2c[nH]c3ccccc23)NC(=O)c2ccccc2)CC1. The molecule has 4 rings (SSSR count). The number of benzene rings is 2. The molecule has 29 heavy (non-hydrogen) atoms. The summed E-state index contributed by atoms with van der Waals surface area (Å²) < 4.78 is 0. The number of hydrogen-bond donors (Lipinski definition) is 2. The number of aromatic nitrogens is 1. The number of hydrogen-bond acceptors (Lipinski definition) is 2. The Balaban J connectivity index is 1.57. The third-order valence-corrected chi connectivity index (χ3v) is 5.83. The van der Waals surface area contributed by atoms with Gasteiger partial charge >= 0.3 is 0 Å². The molecule has 150 valence electrons. The van der Waals surface area contributed by atoms with Crippen LogP contribution in [0.3, 0.4) is 0 Å². The summed E-state index contributed by atoms with van der Waals surface area (Å²) >= 11 is 0. The molecule has 1 saturated heterocycles. The van der Waals surface area contributed by atoms with Gasteiger partial charge in [-0.15, -0.1) is 0 Å². The Labute approximate surface area is 171 Å². The Morgan fingerprint density at radius 1 is 1.07 bits per heavy atom. The highest BCUT2D eigenvalue weighted by atomic mass is 16.2. The van der Waals surface area contributed by atoms with Crippen molar-refractivity contribution >= 4 is 22.7 Å². The second-order valence-electron chi connectivity index (χ2n) is 7.96. The fraction of sp³-hybridized carbons (Fsp3) is 0.333. The fourth-order valence-corrected chi connectivity index (χ4v) is 4.00. The topological polar surface area (TPSA) is 65.2 Å². The maximum Gasteiger partial charge on any atom is 0.251 e. The predicted octanol–water partition coefficient (Wildman–Crippen LogP) is 3.77. The number of rotatable bonds is 5. The summed E-state index contributed by atoms with van der Waals surface area (Å²) in [5, 5.41) is 4.09. The first-order valence-corrected chi connectivity index (χ1v) is 10.3. The van der Waals surface area contributed by atoms with Crippen LogP contribution in [0.5, 0.6) is 0 Å². The second kappa shape index (κ2) is 8.52. The minimum Gasteiger partial charge on any atom is -0.361 e. The zero-order valence-electron chi connectivity index (χ0n) is 16.7. The van der Waals surface area contributed by atoms with Gasteiger partial charge in [-0.2, -0.15) is 0 Å². The van der Waals surface area contributed by atoms with Crippen LogP contribution in [0.15, 0.2) is 60.8 Å². The van der Waals surface area contributed by atoms with E-state index in [4.69, 9.17) is 0 Å². The maximum absolute atomic E-state index is 13.3. The first-order chi connectivity index (χ1) is 14.1. The highest BCUT2D eigenvalue weighted by molar-refractivity contribution is 5.98. The van der Waals surface area contributed by atoms with E-state index < -0.39 is 6.04 Å². The number of likely N-dealkylation sites (tertiary alicyclic amines) is 1. The van der Waals surface area contributed by atoms with Crippen LogP contribution in [0.25, 0.3) is 10.9 Å². The van der Waals surface area contributed by atoms with Gasteiger partial charge in [0, 0.05) is 42.2 Å². The number of fused-ring (bicyclic) bond motifs is 1. The molecule has 2 N–H and O–H groups in total. The summed E-state index contributed by atoms with van der Waals surface area (Å²) in [7, 11) is 0. The molecule has 1 atom stereocenters. The minimum absolute atomic E-state index is 0.00598. The van der Waals surface area contributed by atoms with Crippen LogP contribution in [0.1, 0.15) is 35.7 Å². The van der Waals surface area contributed by atoms with E-state index in [0.29, 0.717) is 17.9 Å². The normalized spacial score (nSPS) is 16.0. The Kier molecular flexibility index (Phi) is 5.65. The summed E-state index contributed by atoms with van der Waals surface area (Å²) in [6.45, 7) is 3.74. The molecule has 2 amide bonds. The van der Waals surface area contributed by atoms with E-state index in [2.05, 4.69) is 17.2 Å². The van der Waals surface area contributed by atoms with E-state index in [1.807, 2.05) is 53.6 Å². The zero-order chi connectivity index (χ0) is 20.2. The summed E-state index contributed by atoms with van der Waals surface area (Å²) in [5.41, 5.74) is 2.64. The Bertz CT molecular complexity index is 988. The molecular formula is C24H27N3O2. The van der Waals surface area contributed by atoms with E-state index in [-0.39, 0.29) is 11.8 Å². The molecule has 0 spiro atoms. The number of aromatic amines is 1. The lowest BCUT2D eigenvalue weighted by Crippen LogP contribution is -2.51. The maximum atomic E-state index is 13.3. The second-order valence-corrected chi connectivity index (χ2v) is 7.96. The third kappa shape index (κ3) is 4.34. The largest absolute Gasteiger partial charge is 0.361 e. The number of nitrogens with zero attached hydrogens (tertiary/aromatic N) is 1. The molecule has 0 unspecified atom stereocenters. The van der Waals surface area contributed by atoms with Gasteiger partial charge in [-0.3, -0.25) is 9.59 Å². The van der Waals surface area contributed by atoms with Gasteiger partial charge in [-0.1, -0.05) is 43.3 Å². The van der Waals surface area contributed by atoms with Gasteiger partial charge in [0.05, 0.1) is 0 Å². The minimum atomic E-state index is -0.588. The highest BCUT2D eigenvalue weighted by Crippen LogP contribution is 2.21. The van der Waals surface area contributed by atoms with Crippen molar-refractivity contribution in [2.75, 3.05) is 13.1 Å². The van der Waals surface area contributed by atoms with Crippen molar-refractivity contribution in [3.05, 3.63) is 71.9 Å². The summed E-state index contributed by atoms with van der Waals surface area (Å²) in [4.78, 5) is 31.3. The monoisotopic (exact) mass is 389 g/mol. The van der Waals surface area contributed by atoms with E-state index >= 15 is 0 Å². The van der Waals surface area contributed by atoms with Crippen LogP contribution in [0.4, 0.5) is 0 Å². The van der Waals surface area contributed by atoms with Crippen molar-refractivity contribution in [2.24, 2.45) is 5.92 Å². The van der Waals surface area contributed by atoms with Gasteiger partial charge in [0.1, 0.15) is 6.04 Å². The number of carbonyl (C=O) groups is 2. The molecule has 0 saturated carbocycles. The van der Waals surface area contributed by atoms with Crippen LogP contribution in [-0.4, -0.2) is 40.8 Å². The summed E-state index contributed by atoms with van der Waals surface area (Å²) in [6, 6.07) is 16.5. The van der Waals surface area contributed by atoms with E-state index in [0.717, 1.165) is 42.4 Å². The van der Waals surface area contributed by atoms with E-state index in [9.17, 15) is 9.59 Å².